The van der Waals surface area contributed by atoms with Crippen LogP contribution in [-0.2, 0) is 9.63 Å². The average Bonchev–Trinajstić information content (AvgIpc) is 2.30. The quantitative estimate of drug-likeness (QED) is 0.797. The van der Waals surface area contributed by atoms with Crippen molar-refractivity contribution < 1.29 is 14.4 Å². The molecule has 1 aromatic carbocycles. The molecule has 94 valence electrons. The fourth-order valence-corrected chi connectivity index (χ4v) is 1.56. The summed E-state index contributed by atoms with van der Waals surface area (Å²) >= 11 is 0. The van der Waals surface area contributed by atoms with E-state index in [1.54, 1.807) is 31.4 Å². The van der Waals surface area contributed by atoms with Gasteiger partial charge in [-0.05, 0) is 25.1 Å². The van der Waals surface area contributed by atoms with E-state index in [0.717, 1.165) is 5.69 Å². The number of hydrogen-bond donors (Lipinski definition) is 1. The van der Waals surface area contributed by atoms with Gasteiger partial charge in [0.2, 0.25) is 5.91 Å². The molecule has 5 heteroatoms. The first-order valence-electron chi connectivity index (χ1n) is 5.39. The standard InChI is InChI=1S/C12H18N2O3/c1-5-14(17-4)11-8-10(13-9(2)15)6-7-12(11)16-3/h6-8H,5H2,1-4H3,(H,13,15). The maximum atomic E-state index is 11.0. The maximum Gasteiger partial charge on any atom is 0.221 e. The van der Waals surface area contributed by atoms with Crippen LogP contribution in [0.2, 0.25) is 0 Å². The Bertz CT molecular complexity index is 389. The van der Waals surface area contributed by atoms with Gasteiger partial charge in [-0.1, -0.05) is 0 Å². The van der Waals surface area contributed by atoms with Crippen molar-refractivity contribution in [1.82, 2.24) is 0 Å². The number of carbonyl (C=O) groups excluding carboxylic acids is 1. The summed E-state index contributed by atoms with van der Waals surface area (Å²) in [6.45, 7) is 4.11. The predicted octanol–water partition coefficient (Wildman–Crippen LogP) is 2.04. The third kappa shape index (κ3) is 3.35. The number of hydroxylamine groups is 1. The van der Waals surface area contributed by atoms with Crippen LogP contribution in [0.3, 0.4) is 0 Å². The Labute approximate surface area is 101 Å². The highest BCUT2D eigenvalue weighted by atomic mass is 16.7. The monoisotopic (exact) mass is 238 g/mol. The number of anilines is 2. The van der Waals surface area contributed by atoms with E-state index in [4.69, 9.17) is 9.57 Å². The first-order chi connectivity index (χ1) is 8.12. The van der Waals surface area contributed by atoms with Gasteiger partial charge in [0.15, 0.2) is 0 Å². The summed E-state index contributed by atoms with van der Waals surface area (Å²) in [7, 11) is 3.19. The highest BCUT2D eigenvalue weighted by Gasteiger charge is 2.11. The van der Waals surface area contributed by atoms with Gasteiger partial charge in [0.05, 0.1) is 14.2 Å². The third-order valence-corrected chi connectivity index (χ3v) is 2.28. The molecule has 0 spiro atoms. The molecular formula is C12H18N2O3. The first kappa shape index (κ1) is 13.3. The van der Waals surface area contributed by atoms with Crippen molar-refractivity contribution in [3.8, 4) is 5.75 Å². The van der Waals surface area contributed by atoms with Crippen LogP contribution in [0.1, 0.15) is 13.8 Å². The van der Waals surface area contributed by atoms with Crippen molar-refractivity contribution >= 4 is 17.3 Å². The van der Waals surface area contributed by atoms with Crippen molar-refractivity contribution in [2.45, 2.75) is 13.8 Å². The zero-order chi connectivity index (χ0) is 12.8. The number of carbonyl (C=O) groups is 1. The highest BCUT2D eigenvalue weighted by molar-refractivity contribution is 5.89. The van der Waals surface area contributed by atoms with E-state index >= 15 is 0 Å². The lowest BCUT2D eigenvalue weighted by Crippen LogP contribution is -2.21. The molecular weight excluding hydrogens is 220 g/mol. The van der Waals surface area contributed by atoms with E-state index in [-0.39, 0.29) is 5.91 Å². The van der Waals surface area contributed by atoms with Crippen LogP contribution in [0.15, 0.2) is 18.2 Å². The lowest BCUT2D eigenvalue weighted by Gasteiger charge is -2.22. The summed E-state index contributed by atoms with van der Waals surface area (Å²) in [5, 5.41) is 4.41. The molecule has 1 amide bonds. The van der Waals surface area contributed by atoms with E-state index in [1.807, 2.05) is 13.0 Å². The molecule has 0 heterocycles. The largest absolute Gasteiger partial charge is 0.494 e. The molecule has 0 aliphatic carbocycles. The average molecular weight is 238 g/mol. The Kier molecular flexibility index (Phi) is 4.78. The number of ether oxygens (including phenoxy) is 1. The van der Waals surface area contributed by atoms with Crippen molar-refractivity contribution in [3.05, 3.63) is 18.2 Å². The van der Waals surface area contributed by atoms with Crippen molar-refractivity contribution in [1.29, 1.82) is 0 Å². The minimum Gasteiger partial charge on any atom is -0.494 e. The molecule has 0 atom stereocenters. The molecule has 0 aromatic heterocycles. The van der Waals surface area contributed by atoms with Gasteiger partial charge in [0, 0.05) is 19.2 Å². The van der Waals surface area contributed by atoms with Gasteiger partial charge < -0.3 is 10.1 Å². The number of amides is 1. The molecule has 1 aromatic rings. The van der Waals surface area contributed by atoms with E-state index in [1.165, 1.54) is 6.92 Å². The van der Waals surface area contributed by atoms with Crippen LogP contribution in [0.25, 0.3) is 0 Å². The van der Waals surface area contributed by atoms with Gasteiger partial charge in [-0.3, -0.25) is 14.7 Å². The number of nitrogens with zero attached hydrogens (tertiary/aromatic N) is 1. The molecule has 5 nitrogen and oxygen atoms in total. The summed E-state index contributed by atoms with van der Waals surface area (Å²) in [5.41, 5.74) is 1.49. The Hall–Kier alpha value is -1.75. The van der Waals surface area contributed by atoms with Crippen LogP contribution in [0, 0.1) is 0 Å². The summed E-state index contributed by atoms with van der Waals surface area (Å²) < 4.78 is 5.26. The number of rotatable bonds is 5. The molecule has 1 N–H and O–H groups in total. The molecule has 0 radical (unpaired) electrons. The van der Waals surface area contributed by atoms with Gasteiger partial charge in [0.25, 0.3) is 0 Å². The van der Waals surface area contributed by atoms with Crippen LogP contribution in [-0.4, -0.2) is 26.7 Å². The van der Waals surface area contributed by atoms with Gasteiger partial charge in [-0.15, -0.1) is 0 Å². The fraction of sp³-hybridized carbons (Fsp3) is 0.417. The number of methoxy groups -OCH3 is 1. The molecule has 0 bridgehead atoms. The summed E-state index contributed by atoms with van der Waals surface area (Å²) in [6, 6.07) is 5.39. The maximum absolute atomic E-state index is 11.0. The van der Waals surface area contributed by atoms with Crippen LogP contribution in [0.5, 0.6) is 5.75 Å². The number of hydrogen-bond acceptors (Lipinski definition) is 4. The number of benzene rings is 1. The van der Waals surface area contributed by atoms with Gasteiger partial charge >= 0.3 is 0 Å². The van der Waals surface area contributed by atoms with Gasteiger partial charge in [-0.25, -0.2) is 0 Å². The lowest BCUT2D eigenvalue weighted by atomic mass is 10.2. The van der Waals surface area contributed by atoms with Gasteiger partial charge in [-0.2, -0.15) is 0 Å². The van der Waals surface area contributed by atoms with E-state index < -0.39 is 0 Å². The van der Waals surface area contributed by atoms with Gasteiger partial charge in [0.1, 0.15) is 11.4 Å². The van der Waals surface area contributed by atoms with Crippen molar-refractivity contribution in [2.24, 2.45) is 0 Å². The molecule has 0 unspecified atom stereocenters. The fourth-order valence-electron chi connectivity index (χ4n) is 1.56. The highest BCUT2D eigenvalue weighted by Crippen LogP contribution is 2.31. The molecule has 17 heavy (non-hydrogen) atoms. The van der Waals surface area contributed by atoms with Crippen molar-refractivity contribution in [3.63, 3.8) is 0 Å². The third-order valence-electron chi connectivity index (χ3n) is 2.28. The zero-order valence-corrected chi connectivity index (χ0v) is 10.6. The zero-order valence-electron chi connectivity index (χ0n) is 10.6. The SMILES string of the molecule is CCN(OC)c1cc(NC(C)=O)ccc1OC. The summed E-state index contributed by atoms with van der Waals surface area (Å²) in [4.78, 5) is 16.2. The number of nitrogens with one attached hydrogen (secondary N) is 1. The lowest BCUT2D eigenvalue weighted by molar-refractivity contribution is -0.114. The summed E-state index contributed by atoms with van der Waals surface area (Å²) in [6.07, 6.45) is 0. The predicted molar refractivity (Wildman–Crippen MR) is 67.3 cm³/mol. The van der Waals surface area contributed by atoms with E-state index in [2.05, 4.69) is 5.32 Å². The van der Waals surface area contributed by atoms with Crippen LogP contribution in [0.4, 0.5) is 11.4 Å². The smallest absolute Gasteiger partial charge is 0.221 e. The molecule has 0 saturated carbocycles. The van der Waals surface area contributed by atoms with Crippen LogP contribution < -0.4 is 15.1 Å². The second kappa shape index (κ2) is 6.10. The molecule has 0 aliphatic rings. The Morgan fingerprint density at radius 1 is 1.41 bits per heavy atom. The Morgan fingerprint density at radius 3 is 2.59 bits per heavy atom. The molecule has 1 rings (SSSR count). The first-order valence-corrected chi connectivity index (χ1v) is 5.39. The molecule has 0 fully saturated rings. The summed E-state index contributed by atoms with van der Waals surface area (Å²) in [5.74, 6) is 0.587. The topological polar surface area (TPSA) is 50.8 Å². The Morgan fingerprint density at radius 2 is 2.12 bits per heavy atom. The van der Waals surface area contributed by atoms with E-state index in [9.17, 15) is 4.79 Å². The second-order valence-corrected chi connectivity index (χ2v) is 3.45. The second-order valence-electron chi connectivity index (χ2n) is 3.45. The minimum atomic E-state index is -0.110. The van der Waals surface area contributed by atoms with Crippen LogP contribution >= 0.6 is 0 Å². The van der Waals surface area contributed by atoms with Crippen molar-refractivity contribution in [2.75, 3.05) is 31.1 Å². The van der Waals surface area contributed by atoms with E-state index in [0.29, 0.717) is 18.0 Å². The Balaban J connectivity index is 3.09. The minimum absolute atomic E-state index is 0.110. The molecule has 0 saturated heterocycles. The normalized spacial score (nSPS) is 9.88. The molecule has 0 aliphatic heterocycles.